The Bertz CT molecular complexity index is 574. The predicted octanol–water partition coefficient (Wildman–Crippen LogP) is 2.17. The van der Waals surface area contributed by atoms with E-state index in [1.807, 2.05) is 24.3 Å². The van der Waals surface area contributed by atoms with Crippen molar-refractivity contribution in [2.24, 2.45) is 5.73 Å². The van der Waals surface area contributed by atoms with Gasteiger partial charge in [0.2, 0.25) is 0 Å². The van der Waals surface area contributed by atoms with Crippen LogP contribution in [-0.2, 0) is 0 Å². The van der Waals surface area contributed by atoms with Gasteiger partial charge in [0.15, 0.2) is 0 Å². The first-order chi connectivity index (χ1) is 9.09. The van der Waals surface area contributed by atoms with Gasteiger partial charge in [-0.3, -0.25) is 5.41 Å². The van der Waals surface area contributed by atoms with E-state index in [1.54, 1.807) is 6.33 Å². The maximum atomic E-state index is 7.37. The lowest BCUT2D eigenvalue weighted by atomic mass is 10.2. The van der Waals surface area contributed by atoms with Crippen LogP contribution < -0.4 is 10.6 Å². The first kappa shape index (κ1) is 13.3. The van der Waals surface area contributed by atoms with E-state index < -0.39 is 0 Å². The van der Waals surface area contributed by atoms with Gasteiger partial charge in [-0.25, -0.2) is 9.97 Å². The van der Waals surface area contributed by atoms with Gasteiger partial charge in [0.1, 0.15) is 12.1 Å². The summed E-state index contributed by atoms with van der Waals surface area (Å²) in [5, 5.41) is 8.40. The van der Waals surface area contributed by atoms with E-state index in [0.717, 1.165) is 16.7 Å². The summed E-state index contributed by atoms with van der Waals surface area (Å²) < 4.78 is 0. The molecule has 0 aliphatic carbocycles. The summed E-state index contributed by atoms with van der Waals surface area (Å²) in [5.74, 6) is 1.10. The largest absolute Gasteiger partial charge is 0.388 e. The fourth-order valence-corrected chi connectivity index (χ4v) is 2.07. The molecule has 5 heteroatoms. The Morgan fingerprint density at radius 2 is 2.05 bits per heavy atom. The first-order valence-electron chi connectivity index (χ1n) is 6.39. The zero-order valence-electron chi connectivity index (χ0n) is 11.3. The van der Waals surface area contributed by atoms with Crippen molar-refractivity contribution in [1.82, 2.24) is 9.97 Å². The van der Waals surface area contributed by atoms with Gasteiger partial charge in [-0.15, -0.1) is 0 Å². The summed E-state index contributed by atoms with van der Waals surface area (Å²) in [4.78, 5) is 10.8. The van der Waals surface area contributed by atoms with E-state index in [0.29, 0.717) is 13.0 Å². The Hall–Kier alpha value is -2.17. The minimum absolute atomic E-state index is 0.198. The van der Waals surface area contributed by atoms with Crippen molar-refractivity contribution in [2.45, 2.75) is 26.3 Å². The number of rotatable bonds is 5. The average molecular weight is 257 g/mol. The van der Waals surface area contributed by atoms with Crippen molar-refractivity contribution in [3.63, 3.8) is 0 Å². The number of hydrogen-bond acceptors (Lipinski definition) is 4. The third kappa shape index (κ3) is 2.99. The minimum atomic E-state index is 0.198. The number of hydrogen-bond donors (Lipinski definition) is 2. The normalized spacial score (nSPS) is 10.9. The number of amidine groups is 1. The van der Waals surface area contributed by atoms with Crippen molar-refractivity contribution in [3.8, 4) is 0 Å². The van der Waals surface area contributed by atoms with Crippen molar-refractivity contribution < 1.29 is 0 Å². The number of para-hydroxylation sites is 1. The van der Waals surface area contributed by atoms with Gasteiger partial charge in [-0.05, 0) is 26.0 Å². The van der Waals surface area contributed by atoms with E-state index in [2.05, 4.69) is 28.7 Å². The molecule has 3 N–H and O–H groups in total. The number of nitrogens with zero attached hydrogens (tertiary/aromatic N) is 3. The highest BCUT2D eigenvalue weighted by molar-refractivity contribution is 5.89. The molecule has 0 aliphatic heterocycles. The zero-order valence-corrected chi connectivity index (χ0v) is 11.3. The molecule has 0 bridgehead atoms. The Labute approximate surface area is 113 Å². The average Bonchev–Trinajstić information content (AvgIpc) is 2.38. The minimum Gasteiger partial charge on any atom is -0.388 e. The van der Waals surface area contributed by atoms with Crippen molar-refractivity contribution in [2.75, 3.05) is 11.4 Å². The Balaban J connectivity index is 2.41. The van der Waals surface area contributed by atoms with Crippen LogP contribution >= 0.6 is 0 Å². The molecule has 100 valence electrons. The Morgan fingerprint density at radius 1 is 1.32 bits per heavy atom. The highest BCUT2D eigenvalue weighted by Gasteiger charge is 2.15. The maximum absolute atomic E-state index is 7.37. The van der Waals surface area contributed by atoms with E-state index in [1.165, 1.54) is 0 Å². The lowest BCUT2D eigenvalue weighted by molar-refractivity contribution is 0.681. The zero-order chi connectivity index (χ0) is 13.8. The molecule has 0 fully saturated rings. The number of anilines is 1. The van der Waals surface area contributed by atoms with E-state index in [4.69, 9.17) is 11.1 Å². The summed E-state index contributed by atoms with van der Waals surface area (Å²) in [6, 6.07) is 8.24. The second kappa shape index (κ2) is 5.65. The third-order valence-corrected chi connectivity index (χ3v) is 3.04. The molecule has 0 atom stereocenters. The van der Waals surface area contributed by atoms with Crippen molar-refractivity contribution in [1.29, 1.82) is 5.41 Å². The fraction of sp³-hybridized carbons (Fsp3) is 0.357. The molecule has 0 spiro atoms. The Kier molecular flexibility index (Phi) is 3.94. The standard InChI is InChI=1S/C14H19N5/c1-10(2)19(8-7-13(15)16)14-11-5-3-4-6-12(11)17-9-18-14/h3-6,9-10H,7-8H2,1-2H3,(H3,15,16). The third-order valence-electron chi connectivity index (χ3n) is 3.04. The second-order valence-corrected chi connectivity index (χ2v) is 4.78. The van der Waals surface area contributed by atoms with Gasteiger partial charge in [0.25, 0.3) is 0 Å². The summed E-state index contributed by atoms with van der Waals surface area (Å²) in [7, 11) is 0. The van der Waals surface area contributed by atoms with Gasteiger partial charge in [-0.2, -0.15) is 0 Å². The smallest absolute Gasteiger partial charge is 0.140 e. The topological polar surface area (TPSA) is 78.9 Å². The highest BCUT2D eigenvalue weighted by atomic mass is 15.2. The van der Waals surface area contributed by atoms with E-state index in [9.17, 15) is 0 Å². The van der Waals surface area contributed by atoms with Gasteiger partial charge in [0, 0.05) is 24.4 Å². The molecule has 0 aliphatic rings. The highest BCUT2D eigenvalue weighted by Crippen LogP contribution is 2.24. The lowest BCUT2D eigenvalue weighted by Gasteiger charge is -2.28. The number of nitrogens with two attached hydrogens (primary N) is 1. The van der Waals surface area contributed by atoms with Crippen molar-refractivity contribution in [3.05, 3.63) is 30.6 Å². The summed E-state index contributed by atoms with van der Waals surface area (Å²) in [6.45, 7) is 4.90. The Morgan fingerprint density at radius 3 is 2.74 bits per heavy atom. The first-order valence-corrected chi connectivity index (χ1v) is 6.39. The molecule has 0 saturated heterocycles. The van der Waals surface area contributed by atoms with Crippen LogP contribution in [-0.4, -0.2) is 28.4 Å². The molecule has 1 aromatic carbocycles. The molecule has 19 heavy (non-hydrogen) atoms. The molecule has 1 heterocycles. The van der Waals surface area contributed by atoms with Crippen LogP contribution in [0.5, 0.6) is 0 Å². The quantitative estimate of drug-likeness (QED) is 0.635. The van der Waals surface area contributed by atoms with Gasteiger partial charge in [0.05, 0.1) is 11.4 Å². The molecule has 0 radical (unpaired) electrons. The molecule has 0 saturated carbocycles. The second-order valence-electron chi connectivity index (χ2n) is 4.78. The summed E-state index contributed by atoms with van der Waals surface area (Å²) in [6.07, 6.45) is 2.12. The van der Waals surface area contributed by atoms with Crippen LogP contribution in [0.3, 0.4) is 0 Å². The number of benzene rings is 1. The van der Waals surface area contributed by atoms with Crippen LogP contribution in [0.15, 0.2) is 30.6 Å². The van der Waals surface area contributed by atoms with Crippen LogP contribution in [0.25, 0.3) is 10.9 Å². The van der Waals surface area contributed by atoms with Gasteiger partial charge >= 0.3 is 0 Å². The van der Waals surface area contributed by atoms with Crippen LogP contribution in [0.1, 0.15) is 20.3 Å². The molecule has 0 amide bonds. The molecule has 2 rings (SSSR count). The predicted molar refractivity (Wildman–Crippen MR) is 78.6 cm³/mol. The molecule has 1 aromatic heterocycles. The van der Waals surface area contributed by atoms with Gasteiger partial charge < -0.3 is 10.6 Å². The molecule has 0 unspecified atom stereocenters. The van der Waals surface area contributed by atoms with E-state index >= 15 is 0 Å². The molecular formula is C14H19N5. The van der Waals surface area contributed by atoms with Gasteiger partial charge in [-0.1, -0.05) is 12.1 Å². The number of nitrogens with one attached hydrogen (secondary N) is 1. The molecule has 2 aromatic rings. The number of fused-ring (bicyclic) bond motifs is 1. The maximum Gasteiger partial charge on any atom is 0.140 e. The van der Waals surface area contributed by atoms with E-state index in [-0.39, 0.29) is 11.9 Å². The SMILES string of the molecule is CC(C)N(CCC(=N)N)c1ncnc2ccccc12. The lowest BCUT2D eigenvalue weighted by Crippen LogP contribution is -2.34. The van der Waals surface area contributed by atoms with Crippen LogP contribution in [0.2, 0.25) is 0 Å². The molecular weight excluding hydrogens is 238 g/mol. The summed E-state index contributed by atoms with van der Waals surface area (Å²) in [5.41, 5.74) is 6.39. The van der Waals surface area contributed by atoms with Crippen LogP contribution in [0.4, 0.5) is 5.82 Å². The monoisotopic (exact) mass is 257 g/mol. The summed E-state index contributed by atoms with van der Waals surface area (Å²) >= 11 is 0. The molecule has 5 nitrogen and oxygen atoms in total. The number of aromatic nitrogens is 2. The van der Waals surface area contributed by atoms with Crippen LogP contribution in [0, 0.1) is 5.41 Å². The van der Waals surface area contributed by atoms with Crippen molar-refractivity contribution >= 4 is 22.6 Å². The fourth-order valence-electron chi connectivity index (χ4n) is 2.07.